The van der Waals surface area contributed by atoms with E-state index in [1.54, 1.807) is 12.1 Å². The molecule has 0 spiro atoms. The van der Waals surface area contributed by atoms with Gasteiger partial charge >= 0.3 is 0 Å². The van der Waals surface area contributed by atoms with Gasteiger partial charge in [-0.1, -0.05) is 25.3 Å². The number of benzene rings is 1. The third-order valence-electron chi connectivity index (χ3n) is 4.27. The molecule has 0 amide bonds. The zero-order valence-electron chi connectivity index (χ0n) is 12.6. The second-order valence-electron chi connectivity index (χ2n) is 5.84. The van der Waals surface area contributed by atoms with E-state index in [2.05, 4.69) is 10.1 Å². The average molecular weight is 320 g/mol. The van der Waals surface area contributed by atoms with Gasteiger partial charge in [0.25, 0.3) is 0 Å². The first-order chi connectivity index (χ1) is 10.5. The number of sulfonamides is 1. The van der Waals surface area contributed by atoms with Crippen molar-refractivity contribution in [1.29, 1.82) is 0 Å². The maximum Gasteiger partial charge on any atom is 0.238 e. The summed E-state index contributed by atoms with van der Waals surface area (Å²) in [5, 5.41) is 9.61. The van der Waals surface area contributed by atoms with E-state index in [4.69, 9.17) is 5.14 Å². The fraction of sp³-hybridized carbons (Fsp3) is 0.467. The van der Waals surface area contributed by atoms with Crippen LogP contribution in [0.3, 0.4) is 0 Å². The zero-order valence-corrected chi connectivity index (χ0v) is 13.4. The Labute approximate surface area is 130 Å². The van der Waals surface area contributed by atoms with Crippen molar-refractivity contribution in [3.05, 3.63) is 30.1 Å². The fourth-order valence-corrected chi connectivity index (χ4v) is 3.59. The van der Waals surface area contributed by atoms with Crippen molar-refractivity contribution in [3.8, 4) is 11.4 Å². The minimum atomic E-state index is -3.73. The molecule has 0 aliphatic heterocycles. The number of hydrogen-bond acceptors (Lipinski definition) is 4. The van der Waals surface area contributed by atoms with Crippen LogP contribution in [0.2, 0.25) is 0 Å². The van der Waals surface area contributed by atoms with E-state index < -0.39 is 10.0 Å². The topological polar surface area (TPSA) is 90.9 Å². The minimum absolute atomic E-state index is 0.103. The number of nitrogens with zero attached hydrogens (tertiary/aromatic N) is 3. The molecule has 0 unspecified atom stereocenters. The highest BCUT2D eigenvalue weighted by molar-refractivity contribution is 7.89. The standard InChI is InChI=1S/C15H20N4O2S/c1-11-7-8-13(22(16,20)21)9-14(11)15-17-10-18-19(15)12-5-3-2-4-6-12/h7-10,12H,2-6H2,1H3,(H2,16,20,21). The smallest absolute Gasteiger partial charge is 0.238 e. The van der Waals surface area contributed by atoms with Gasteiger partial charge in [-0.05, 0) is 37.5 Å². The molecule has 1 heterocycles. The van der Waals surface area contributed by atoms with Crippen molar-refractivity contribution >= 4 is 10.0 Å². The molecule has 2 aromatic rings. The molecule has 1 aromatic carbocycles. The first-order valence-corrected chi connectivity index (χ1v) is 9.05. The molecule has 7 heteroatoms. The Bertz CT molecular complexity index is 777. The van der Waals surface area contributed by atoms with Crippen LogP contribution in [0.1, 0.15) is 43.7 Å². The SMILES string of the molecule is Cc1ccc(S(N)(=O)=O)cc1-c1ncnn1C1CCCCC1. The lowest BCUT2D eigenvalue weighted by atomic mass is 9.95. The summed E-state index contributed by atoms with van der Waals surface area (Å²) in [6, 6.07) is 5.21. The molecule has 0 radical (unpaired) electrons. The predicted molar refractivity (Wildman–Crippen MR) is 83.7 cm³/mol. The van der Waals surface area contributed by atoms with Crippen LogP contribution in [0.4, 0.5) is 0 Å². The maximum atomic E-state index is 11.6. The fourth-order valence-electron chi connectivity index (χ4n) is 3.05. The van der Waals surface area contributed by atoms with E-state index in [-0.39, 0.29) is 4.90 Å². The van der Waals surface area contributed by atoms with Crippen LogP contribution in [-0.2, 0) is 10.0 Å². The largest absolute Gasteiger partial charge is 0.243 e. The van der Waals surface area contributed by atoms with Crippen LogP contribution < -0.4 is 5.14 Å². The Balaban J connectivity index is 2.06. The molecular formula is C15H20N4O2S. The Morgan fingerprint density at radius 2 is 1.95 bits per heavy atom. The first kappa shape index (κ1) is 15.2. The van der Waals surface area contributed by atoms with E-state index in [0.717, 1.165) is 29.8 Å². The molecule has 6 nitrogen and oxygen atoms in total. The molecule has 1 saturated carbocycles. The Morgan fingerprint density at radius 1 is 1.23 bits per heavy atom. The van der Waals surface area contributed by atoms with Gasteiger partial charge in [0.05, 0.1) is 10.9 Å². The summed E-state index contributed by atoms with van der Waals surface area (Å²) in [5.41, 5.74) is 1.73. The number of primary sulfonamides is 1. The molecule has 1 aromatic heterocycles. The highest BCUT2D eigenvalue weighted by atomic mass is 32.2. The Kier molecular flexibility index (Phi) is 4.01. The summed E-state index contributed by atoms with van der Waals surface area (Å²) in [6.45, 7) is 1.93. The van der Waals surface area contributed by atoms with Crippen LogP contribution in [0, 0.1) is 6.92 Å². The molecular weight excluding hydrogens is 300 g/mol. The van der Waals surface area contributed by atoms with E-state index in [9.17, 15) is 8.42 Å². The van der Waals surface area contributed by atoms with Crippen molar-refractivity contribution in [1.82, 2.24) is 14.8 Å². The number of hydrogen-bond donors (Lipinski definition) is 1. The lowest BCUT2D eigenvalue weighted by Crippen LogP contribution is -2.16. The quantitative estimate of drug-likeness (QED) is 0.940. The van der Waals surface area contributed by atoms with Crippen LogP contribution in [0.25, 0.3) is 11.4 Å². The zero-order chi connectivity index (χ0) is 15.7. The molecule has 1 aliphatic carbocycles. The van der Waals surface area contributed by atoms with E-state index in [1.807, 2.05) is 11.6 Å². The van der Waals surface area contributed by atoms with E-state index >= 15 is 0 Å². The lowest BCUT2D eigenvalue weighted by Gasteiger charge is -2.23. The minimum Gasteiger partial charge on any atom is -0.243 e. The van der Waals surface area contributed by atoms with E-state index in [0.29, 0.717) is 6.04 Å². The second kappa shape index (κ2) is 5.81. The van der Waals surface area contributed by atoms with Gasteiger partial charge < -0.3 is 0 Å². The third-order valence-corrected chi connectivity index (χ3v) is 5.18. The predicted octanol–water partition coefficient (Wildman–Crippen LogP) is 2.41. The van der Waals surface area contributed by atoms with Crippen molar-refractivity contribution in [2.75, 3.05) is 0 Å². The average Bonchev–Trinajstić information content (AvgIpc) is 2.96. The first-order valence-electron chi connectivity index (χ1n) is 7.50. The summed E-state index contributed by atoms with van der Waals surface area (Å²) in [6.07, 6.45) is 7.36. The molecule has 118 valence electrons. The van der Waals surface area contributed by atoms with Gasteiger partial charge in [0.2, 0.25) is 10.0 Å². The normalized spacial score (nSPS) is 16.8. The van der Waals surface area contributed by atoms with Gasteiger partial charge in [-0.2, -0.15) is 5.10 Å². The number of rotatable bonds is 3. The van der Waals surface area contributed by atoms with Gasteiger partial charge in [-0.25, -0.2) is 23.2 Å². The van der Waals surface area contributed by atoms with E-state index in [1.165, 1.54) is 31.7 Å². The molecule has 0 atom stereocenters. The molecule has 0 bridgehead atoms. The molecule has 1 aliphatic rings. The Morgan fingerprint density at radius 3 is 2.64 bits per heavy atom. The highest BCUT2D eigenvalue weighted by Gasteiger charge is 2.21. The number of aryl methyl sites for hydroxylation is 1. The van der Waals surface area contributed by atoms with Gasteiger partial charge in [-0.3, -0.25) is 0 Å². The van der Waals surface area contributed by atoms with Crippen molar-refractivity contribution in [3.63, 3.8) is 0 Å². The molecule has 0 saturated heterocycles. The molecule has 1 fully saturated rings. The summed E-state index contributed by atoms with van der Waals surface area (Å²) in [4.78, 5) is 4.46. The highest BCUT2D eigenvalue weighted by Crippen LogP contribution is 2.32. The van der Waals surface area contributed by atoms with Gasteiger partial charge in [0.1, 0.15) is 6.33 Å². The van der Waals surface area contributed by atoms with Crippen LogP contribution in [0.15, 0.2) is 29.4 Å². The summed E-state index contributed by atoms with van der Waals surface area (Å²) in [7, 11) is -3.73. The van der Waals surface area contributed by atoms with Gasteiger partial charge in [0, 0.05) is 5.56 Å². The Hall–Kier alpha value is -1.73. The molecule has 3 rings (SSSR count). The van der Waals surface area contributed by atoms with Crippen LogP contribution in [0.5, 0.6) is 0 Å². The van der Waals surface area contributed by atoms with Crippen molar-refractivity contribution < 1.29 is 8.42 Å². The third kappa shape index (κ3) is 2.91. The van der Waals surface area contributed by atoms with Crippen LogP contribution >= 0.6 is 0 Å². The second-order valence-corrected chi connectivity index (χ2v) is 7.40. The van der Waals surface area contributed by atoms with Crippen molar-refractivity contribution in [2.45, 2.75) is 50.0 Å². The summed E-state index contributed by atoms with van der Waals surface area (Å²) >= 11 is 0. The van der Waals surface area contributed by atoms with Crippen molar-refractivity contribution in [2.24, 2.45) is 5.14 Å². The summed E-state index contributed by atoms with van der Waals surface area (Å²) in [5.74, 6) is 0.718. The summed E-state index contributed by atoms with van der Waals surface area (Å²) < 4.78 is 25.1. The van der Waals surface area contributed by atoms with Gasteiger partial charge in [-0.15, -0.1) is 0 Å². The molecule has 22 heavy (non-hydrogen) atoms. The number of nitrogens with two attached hydrogens (primary N) is 1. The maximum absolute atomic E-state index is 11.6. The molecule has 2 N–H and O–H groups in total. The lowest BCUT2D eigenvalue weighted by molar-refractivity contribution is 0.332. The van der Waals surface area contributed by atoms with Gasteiger partial charge in [0.15, 0.2) is 5.82 Å². The van der Waals surface area contributed by atoms with Crippen LogP contribution in [-0.4, -0.2) is 23.2 Å². The monoisotopic (exact) mass is 320 g/mol. The number of aromatic nitrogens is 3.